The van der Waals surface area contributed by atoms with E-state index in [1.54, 1.807) is 0 Å². The second-order valence-electron chi connectivity index (χ2n) is 3.23. The van der Waals surface area contributed by atoms with Gasteiger partial charge < -0.3 is 4.90 Å². The third kappa shape index (κ3) is 9.48. The van der Waals surface area contributed by atoms with Crippen LogP contribution in [0.2, 0.25) is 0 Å². The van der Waals surface area contributed by atoms with Crippen molar-refractivity contribution in [2.45, 2.75) is 41.2 Å². The highest BCUT2D eigenvalue weighted by Crippen LogP contribution is 2.04. The average Bonchev–Trinajstić information content (AvgIpc) is 2.23. The third-order valence-corrected chi connectivity index (χ3v) is 1.58. The number of hydrogen-bond donors (Lipinski definition) is 0. The summed E-state index contributed by atoms with van der Waals surface area (Å²) in [4.78, 5) is 2.18. The molecule has 0 N–H and O–H groups in total. The van der Waals surface area contributed by atoms with Gasteiger partial charge in [-0.2, -0.15) is 0 Å². The van der Waals surface area contributed by atoms with Gasteiger partial charge in [0.2, 0.25) is 0 Å². The monoisotopic (exact) mass is 209 g/mol. The van der Waals surface area contributed by atoms with E-state index < -0.39 is 0 Å². The van der Waals surface area contributed by atoms with Gasteiger partial charge >= 0.3 is 0 Å². The molecule has 1 aromatic rings. The van der Waals surface area contributed by atoms with Crippen LogP contribution in [0.4, 0.5) is 0 Å². The molecular weight excluding hydrogens is 182 g/mol. The molecule has 0 aromatic heterocycles. The van der Waals surface area contributed by atoms with E-state index in [4.69, 9.17) is 0 Å². The van der Waals surface area contributed by atoms with Crippen LogP contribution < -0.4 is 0 Å². The average molecular weight is 209 g/mol. The fourth-order valence-electron chi connectivity index (χ4n) is 1.18. The summed E-state index contributed by atoms with van der Waals surface area (Å²) in [6, 6.07) is 8.61. The Kier molecular flexibility index (Phi) is 12.5. The molecule has 15 heavy (non-hydrogen) atoms. The van der Waals surface area contributed by atoms with E-state index in [0.717, 1.165) is 6.54 Å². The summed E-state index contributed by atoms with van der Waals surface area (Å²) in [5.74, 6) is 0. The van der Waals surface area contributed by atoms with Crippen LogP contribution in [0.25, 0.3) is 0 Å². The van der Waals surface area contributed by atoms with Gasteiger partial charge in [-0.3, -0.25) is 0 Å². The SMILES string of the molecule is CC.CC.Cc1cccc(CN(C)C)c1. The van der Waals surface area contributed by atoms with Crippen molar-refractivity contribution < 1.29 is 0 Å². The second-order valence-corrected chi connectivity index (χ2v) is 3.23. The maximum absolute atomic E-state index is 2.22. The lowest BCUT2D eigenvalue weighted by molar-refractivity contribution is 0.402. The zero-order chi connectivity index (χ0) is 12.3. The molecule has 88 valence electrons. The molecule has 1 heteroatoms. The van der Waals surface area contributed by atoms with Crippen molar-refractivity contribution in [3.63, 3.8) is 0 Å². The molecule has 1 rings (SSSR count). The first-order valence-corrected chi connectivity index (χ1v) is 5.89. The predicted molar refractivity (Wildman–Crippen MR) is 71.3 cm³/mol. The third-order valence-electron chi connectivity index (χ3n) is 1.58. The Morgan fingerprint density at radius 2 is 1.53 bits per heavy atom. The molecule has 0 fully saturated rings. The summed E-state index contributed by atoms with van der Waals surface area (Å²) in [5, 5.41) is 0. The molecule has 0 atom stereocenters. The minimum absolute atomic E-state index is 1.03. The maximum atomic E-state index is 2.22. The van der Waals surface area contributed by atoms with Crippen LogP contribution in [0.5, 0.6) is 0 Å². The molecule has 0 spiro atoms. The van der Waals surface area contributed by atoms with Crippen LogP contribution in [0.1, 0.15) is 38.8 Å². The van der Waals surface area contributed by atoms with E-state index in [9.17, 15) is 0 Å². The van der Waals surface area contributed by atoms with E-state index >= 15 is 0 Å². The lowest BCUT2D eigenvalue weighted by atomic mass is 10.1. The zero-order valence-electron chi connectivity index (χ0n) is 11.5. The number of benzene rings is 1. The summed E-state index contributed by atoms with van der Waals surface area (Å²) >= 11 is 0. The number of rotatable bonds is 2. The zero-order valence-corrected chi connectivity index (χ0v) is 11.5. The summed E-state index contributed by atoms with van der Waals surface area (Å²) in [5.41, 5.74) is 2.72. The van der Waals surface area contributed by atoms with Crippen LogP contribution in [0, 0.1) is 6.92 Å². The Morgan fingerprint density at radius 1 is 1.00 bits per heavy atom. The lowest BCUT2D eigenvalue weighted by Gasteiger charge is -2.09. The molecule has 0 radical (unpaired) electrons. The molecule has 0 amide bonds. The number of aryl methyl sites for hydroxylation is 1. The first kappa shape index (κ1) is 16.6. The topological polar surface area (TPSA) is 3.24 Å². The Hall–Kier alpha value is -0.820. The smallest absolute Gasteiger partial charge is 0.0227 e. The first-order valence-electron chi connectivity index (χ1n) is 5.89. The van der Waals surface area contributed by atoms with Crippen LogP contribution in [-0.2, 0) is 6.54 Å². The minimum Gasteiger partial charge on any atom is -0.305 e. The predicted octanol–water partition coefficient (Wildman–Crippen LogP) is 4.11. The molecular formula is C14H27N. The highest BCUT2D eigenvalue weighted by atomic mass is 15.0. The first-order chi connectivity index (χ1) is 7.18. The number of hydrogen-bond acceptors (Lipinski definition) is 1. The molecule has 0 bridgehead atoms. The van der Waals surface area contributed by atoms with Gasteiger partial charge in [-0.1, -0.05) is 57.5 Å². The largest absolute Gasteiger partial charge is 0.305 e. The standard InChI is InChI=1S/C10H15N.2C2H6/c1-9-5-4-6-10(7-9)8-11(2)3;2*1-2/h4-7H,8H2,1-3H3;2*1-2H3. The Balaban J connectivity index is 0. The highest BCUT2D eigenvalue weighted by Gasteiger charge is 1.93. The molecule has 0 aliphatic rings. The van der Waals surface area contributed by atoms with Crippen molar-refractivity contribution in [2.75, 3.05) is 14.1 Å². The molecule has 0 saturated heterocycles. The molecule has 0 aliphatic heterocycles. The lowest BCUT2D eigenvalue weighted by Crippen LogP contribution is -2.10. The summed E-state index contributed by atoms with van der Waals surface area (Å²) < 4.78 is 0. The molecule has 0 saturated carbocycles. The second kappa shape index (κ2) is 11.3. The Morgan fingerprint density at radius 3 is 1.93 bits per heavy atom. The van der Waals surface area contributed by atoms with Gasteiger partial charge in [-0.05, 0) is 26.6 Å². The molecule has 1 nitrogen and oxygen atoms in total. The van der Waals surface area contributed by atoms with Crippen molar-refractivity contribution >= 4 is 0 Å². The molecule has 0 heterocycles. The van der Waals surface area contributed by atoms with Gasteiger partial charge in [0.05, 0.1) is 0 Å². The normalized spacial score (nSPS) is 8.53. The Labute approximate surface area is 96.1 Å². The van der Waals surface area contributed by atoms with Gasteiger partial charge in [0.25, 0.3) is 0 Å². The van der Waals surface area contributed by atoms with Gasteiger partial charge in [-0.25, -0.2) is 0 Å². The highest BCUT2D eigenvalue weighted by molar-refractivity contribution is 5.21. The van der Waals surface area contributed by atoms with Crippen LogP contribution in [0.3, 0.4) is 0 Å². The van der Waals surface area contributed by atoms with Crippen LogP contribution in [-0.4, -0.2) is 19.0 Å². The fraction of sp³-hybridized carbons (Fsp3) is 0.571. The fourth-order valence-corrected chi connectivity index (χ4v) is 1.18. The van der Waals surface area contributed by atoms with Gasteiger partial charge in [0.15, 0.2) is 0 Å². The van der Waals surface area contributed by atoms with Crippen LogP contribution in [0.15, 0.2) is 24.3 Å². The van der Waals surface area contributed by atoms with Crippen molar-refractivity contribution in [1.29, 1.82) is 0 Å². The van der Waals surface area contributed by atoms with Gasteiger partial charge in [-0.15, -0.1) is 0 Å². The summed E-state index contributed by atoms with van der Waals surface area (Å²) in [7, 11) is 4.17. The van der Waals surface area contributed by atoms with E-state index in [1.165, 1.54) is 11.1 Å². The minimum atomic E-state index is 1.03. The van der Waals surface area contributed by atoms with E-state index in [-0.39, 0.29) is 0 Å². The quantitative estimate of drug-likeness (QED) is 0.708. The molecule has 1 aromatic carbocycles. The van der Waals surface area contributed by atoms with Crippen molar-refractivity contribution in [3.8, 4) is 0 Å². The van der Waals surface area contributed by atoms with E-state index in [1.807, 2.05) is 27.7 Å². The van der Waals surface area contributed by atoms with Crippen LogP contribution >= 0.6 is 0 Å². The Bertz CT molecular complexity index is 229. The van der Waals surface area contributed by atoms with E-state index in [0.29, 0.717) is 0 Å². The maximum Gasteiger partial charge on any atom is 0.0227 e. The van der Waals surface area contributed by atoms with Crippen molar-refractivity contribution in [1.82, 2.24) is 4.90 Å². The summed E-state index contributed by atoms with van der Waals surface area (Å²) in [6.45, 7) is 11.2. The van der Waals surface area contributed by atoms with Crippen molar-refractivity contribution in [2.24, 2.45) is 0 Å². The van der Waals surface area contributed by atoms with Crippen molar-refractivity contribution in [3.05, 3.63) is 35.4 Å². The van der Waals surface area contributed by atoms with E-state index in [2.05, 4.69) is 50.2 Å². The number of nitrogens with zero attached hydrogens (tertiary/aromatic N) is 1. The molecule has 0 aliphatic carbocycles. The summed E-state index contributed by atoms with van der Waals surface area (Å²) in [6.07, 6.45) is 0. The molecule has 0 unspecified atom stereocenters. The van der Waals surface area contributed by atoms with Gasteiger partial charge in [0, 0.05) is 6.54 Å². The van der Waals surface area contributed by atoms with Gasteiger partial charge in [0.1, 0.15) is 0 Å².